The van der Waals surface area contributed by atoms with Crippen LogP contribution in [0.25, 0.3) is 0 Å². The zero-order chi connectivity index (χ0) is 20.8. The molecule has 148 valence electrons. The average Bonchev–Trinajstić information content (AvgIpc) is 3.14. The summed E-state index contributed by atoms with van der Waals surface area (Å²) in [5.41, 5.74) is 9.09. The Hall–Kier alpha value is -3.75. The van der Waals surface area contributed by atoms with Crippen LogP contribution in [0.1, 0.15) is 22.6 Å². The number of nitrogens with one attached hydrogen (secondary N) is 2. The molecule has 0 saturated heterocycles. The maximum absolute atomic E-state index is 11.8. The van der Waals surface area contributed by atoms with E-state index in [1.807, 2.05) is 54.6 Å². The Kier molecular flexibility index (Phi) is 6.18. The minimum absolute atomic E-state index is 0.159. The Morgan fingerprint density at radius 3 is 2.45 bits per heavy atom. The summed E-state index contributed by atoms with van der Waals surface area (Å²) in [4.78, 5) is 20.3. The highest BCUT2D eigenvalue weighted by molar-refractivity contribution is 6.19. The van der Waals surface area contributed by atoms with Crippen molar-refractivity contribution in [1.29, 1.82) is 5.41 Å². The summed E-state index contributed by atoms with van der Waals surface area (Å²) in [5, 5.41) is 9.84. The van der Waals surface area contributed by atoms with Crippen molar-refractivity contribution < 1.29 is 14.0 Å². The molecule has 0 saturated carbocycles. The van der Waals surface area contributed by atoms with Crippen molar-refractivity contribution in [2.75, 3.05) is 5.32 Å². The molecule has 8 heteroatoms. The van der Waals surface area contributed by atoms with E-state index in [4.69, 9.17) is 21.5 Å². The number of carbonyl (C=O) groups is 1. The second kappa shape index (κ2) is 8.96. The van der Waals surface area contributed by atoms with Crippen molar-refractivity contribution >= 4 is 23.2 Å². The van der Waals surface area contributed by atoms with Crippen LogP contribution < -0.4 is 16.9 Å². The monoisotopic (exact) mass is 391 g/mol. The quantitative estimate of drug-likeness (QED) is 0.302. The predicted molar refractivity (Wildman–Crippen MR) is 111 cm³/mol. The number of anilines is 1. The van der Waals surface area contributed by atoms with Gasteiger partial charge in [-0.1, -0.05) is 48.5 Å². The highest BCUT2D eigenvalue weighted by atomic mass is 16.6. The van der Waals surface area contributed by atoms with Gasteiger partial charge in [-0.05, 0) is 25.1 Å². The van der Waals surface area contributed by atoms with E-state index in [2.05, 4.69) is 15.1 Å². The third kappa shape index (κ3) is 4.75. The number of furan rings is 1. The van der Waals surface area contributed by atoms with Gasteiger partial charge in [0.05, 0.1) is 11.4 Å². The Labute approximate surface area is 167 Å². The van der Waals surface area contributed by atoms with Crippen molar-refractivity contribution in [1.82, 2.24) is 0 Å². The van der Waals surface area contributed by atoms with Gasteiger partial charge in [-0.3, -0.25) is 15.2 Å². The number of benzene rings is 2. The number of aryl methyl sites for hydroxylation is 1. The molecule has 0 aliphatic carbocycles. The largest absolute Gasteiger partial charge is 0.456 e. The van der Waals surface area contributed by atoms with E-state index in [1.165, 1.54) is 0 Å². The molecular weight excluding hydrogens is 370 g/mol. The summed E-state index contributed by atoms with van der Waals surface area (Å²) >= 11 is 0. The maximum Gasteiger partial charge on any atom is 0.273 e. The molecule has 4 rings (SSSR count). The minimum atomic E-state index is -0.886. The number of fused-ring (bicyclic) bond motifs is 1. The molecule has 0 radical (unpaired) electrons. The maximum atomic E-state index is 11.8. The smallest absolute Gasteiger partial charge is 0.273 e. The van der Waals surface area contributed by atoms with Gasteiger partial charge in [-0.2, -0.15) is 5.90 Å². The minimum Gasteiger partial charge on any atom is -0.456 e. The molecule has 1 atom stereocenters. The fraction of sp³-hybridized carbons (Fsp3) is 0.0952. The Bertz CT molecular complexity index is 1040. The molecule has 1 aliphatic rings. The van der Waals surface area contributed by atoms with Crippen LogP contribution in [0.4, 0.5) is 5.69 Å². The van der Waals surface area contributed by atoms with Gasteiger partial charge >= 0.3 is 0 Å². The number of rotatable bonds is 2. The second-order valence-electron chi connectivity index (χ2n) is 6.18. The fourth-order valence-electron chi connectivity index (χ4n) is 2.71. The molecule has 0 bridgehead atoms. The lowest BCUT2D eigenvalue weighted by Crippen LogP contribution is -2.33. The van der Waals surface area contributed by atoms with Crippen molar-refractivity contribution in [3.8, 4) is 0 Å². The fourth-order valence-corrected chi connectivity index (χ4v) is 2.71. The first kappa shape index (κ1) is 20.0. The average molecular weight is 391 g/mol. The Balaban J connectivity index is 0.000000204. The van der Waals surface area contributed by atoms with Crippen LogP contribution in [0.2, 0.25) is 0 Å². The molecule has 0 spiro atoms. The molecule has 3 aromatic rings. The third-order valence-corrected chi connectivity index (χ3v) is 4.11. The van der Waals surface area contributed by atoms with E-state index in [9.17, 15) is 4.79 Å². The van der Waals surface area contributed by atoms with E-state index < -0.39 is 6.17 Å². The van der Waals surface area contributed by atoms with Crippen LogP contribution in [0.3, 0.4) is 0 Å². The molecule has 6 N–H and O–H groups in total. The van der Waals surface area contributed by atoms with E-state index in [0.717, 1.165) is 28.3 Å². The molecule has 2 aromatic carbocycles. The van der Waals surface area contributed by atoms with Crippen molar-refractivity contribution in [2.45, 2.75) is 13.1 Å². The highest BCUT2D eigenvalue weighted by Crippen LogP contribution is 2.23. The van der Waals surface area contributed by atoms with E-state index in [1.54, 1.807) is 19.1 Å². The number of carbonyl (C=O) groups excluding carboxylic acids is 1. The standard InChI is InChI=1S/C15H13N3O.C6H8N2O2/c16-14-15(19)17-12-9-5-4-8-11(12)13(18-14)10-6-2-1-3-7-10;1-4-2-3-5(9-4)6(7)10-8/h1-9,14H,16H2,(H,17,19);2-3,7H,8H2,1H3. The molecule has 8 nitrogen and oxygen atoms in total. The summed E-state index contributed by atoms with van der Waals surface area (Å²) in [6, 6.07) is 20.7. The predicted octanol–water partition coefficient (Wildman–Crippen LogP) is 2.56. The van der Waals surface area contributed by atoms with Crippen molar-refractivity contribution in [3.63, 3.8) is 0 Å². The number of amides is 1. The molecule has 1 unspecified atom stereocenters. The summed E-state index contributed by atoms with van der Waals surface area (Å²) in [6.45, 7) is 1.79. The zero-order valence-electron chi connectivity index (χ0n) is 15.8. The molecule has 1 aromatic heterocycles. The van der Waals surface area contributed by atoms with Crippen molar-refractivity contribution in [3.05, 3.63) is 89.4 Å². The van der Waals surface area contributed by atoms with E-state index in [-0.39, 0.29) is 11.8 Å². The van der Waals surface area contributed by atoms with E-state index in [0.29, 0.717) is 5.76 Å². The number of para-hydroxylation sites is 1. The Morgan fingerprint density at radius 1 is 1.10 bits per heavy atom. The summed E-state index contributed by atoms with van der Waals surface area (Å²) in [5.74, 6) is 5.36. The Morgan fingerprint density at radius 2 is 1.79 bits per heavy atom. The molecular formula is C21H21N5O3. The first-order valence-electron chi connectivity index (χ1n) is 8.80. The first-order valence-corrected chi connectivity index (χ1v) is 8.80. The molecule has 29 heavy (non-hydrogen) atoms. The lowest BCUT2D eigenvalue weighted by Gasteiger charge is -2.09. The van der Waals surface area contributed by atoms with Gasteiger partial charge in [0.2, 0.25) is 0 Å². The molecule has 1 amide bonds. The van der Waals surface area contributed by atoms with Crippen LogP contribution in [0.15, 0.2) is 76.1 Å². The number of nitrogens with zero attached hydrogens (tertiary/aromatic N) is 1. The highest BCUT2D eigenvalue weighted by Gasteiger charge is 2.22. The van der Waals surface area contributed by atoms with Crippen LogP contribution in [0, 0.1) is 12.3 Å². The van der Waals surface area contributed by atoms with Crippen molar-refractivity contribution in [2.24, 2.45) is 16.6 Å². The summed E-state index contributed by atoms with van der Waals surface area (Å²) in [6.07, 6.45) is -0.886. The molecule has 1 aliphatic heterocycles. The topological polar surface area (TPSA) is 140 Å². The molecule has 2 heterocycles. The van der Waals surface area contributed by atoms with Gasteiger partial charge in [0, 0.05) is 11.1 Å². The lowest BCUT2D eigenvalue weighted by atomic mass is 10.0. The summed E-state index contributed by atoms with van der Waals surface area (Å²) in [7, 11) is 0. The van der Waals surface area contributed by atoms with Gasteiger partial charge in [-0.25, -0.2) is 0 Å². The van der Waals surface area contributed by atoms with Crippen LogP contribution >= 0.6 is 0 Å². The van der Waals surface area contributed by atoms with E-state index >= 15 is 0 Å². The number of aliphatic imine (C=N–C) groups is 1. The number of hydrogen-bond acceptors (Lipinski definition) is 7. The van der Waals surface area contributed by atoms with Gasteiger partial charge in [0.15, 0.2) is 11.9 Å². The van der Waals surface area contributed by atoms with Gasteiger partial charge < -0.3 is 20.3 Å². The molecule has 0 fully saturated rings. The first-order chi connectivity index (χ1) is 14.0. The van der Waals surface area contributed by atoms with Gasteiger partial charge in [-0.15, -0.1) is 0 Å². The van der Waals surface area contributed by atoms with Crippen LogP contribution in [-0.2, 0) is 9.63 Å². The van der Waals surface area contributed by atoms with Crippen LogP contribution in [-0.4, -0.2) is 23.7 Å². The number of nitrogens with two attached hydrogens (primary N) is 2. The van der Waals surface area contributed by atoms with Crippen LogP contribution in [0.5, 0.6) is 0 Å². The number of benzodiazepines with no additional fused rings is 1. The number of hydrogen-bond donors (Lipinski definition) is 4. The third-order valence-electron chi connectivity index (χ3n) is 4.11. The summed E-state index contributed by atoms with van der Waals surface area (Å²) < 4.78 is 5.01. The zero-order valence-corrected chi connectivity index (χ0v) is 15.8. The normalized spacial score (nSPS) is 15.1. The van der Waals surface area contributed by atoms with Gasteiger partial charge in [0.1, 0.15) is 5.76 Å². The lowest BCUT2D eigenvalue weighted by molar-refractivity contribution is -0.117. The van der Waals surface area contributed by atoms with Gasteiger partial charge in [0.25, 0.3) is 11.8 Å². The second-order valence-corrected chi connectivity index (χ2v) is 6.18. The SMILES string of the molecule is Cc1ccc(C(=N)ON)o1.NC1N=C(c2ccccc2)c2ccccc2NC1=O.